The number of piperidine rings is 1. The zero-order chi connectivity index (χ0) is 23.5. The topological polar surface area (TPSA) is 67.2 Å². The number of hydrogen-bond acceptors (Lipinski definition) is 4. The Labute approximate surface area is 200 Å². The summed E-state index contributed by atoms with van der Waals surface area (Å²) < 4.78 is 1.46. The Morgan fingerprint density at radius 3 is 2.68 bits per heavy atom. The number of nitrogens with zero attached hydrogens (tertiary/aromatic N) is 3. The minimum Gasteiger partial charge on any atom is -0.354 e. The molecule has 2 heterocycles. The van der Waals surface area contributed by atoms with Crippen LogP contribution >= 0.6 is 0 Å². The molecule has 1 aliphatic carbocycles. The van der Waals surface area contributed by atoms with Gasteiger partial charge in [0.2, 0.25) is 5.91 Å². The van der Waals surface area contributed by atoms with Crippen LogP contribution in [0.15, 0.2) is 65.5 Å². The molecule has 0 unspecified atom stereocenters. The highest BCUT2D eigenvalue weighted by Crippen LogP contribution is 2.30. The molecular formula is C28H32N4O2. The van der Waals surface area contributed by atoms with Crippen molar-refractivity contribution in [2.75, 3.05) is 18.0 Å². The van der Waals surface area contributed by atoms with Gasteiger partial charge in [-0.05, 0) is 73.4 Å². The molecule has 6 heteroatoms. The van der Waals surface area contributed by atoms with Crippen molar-refractivity contribution in [3.63, 3.8) is 0 Å². The second-order valence-electron chi connectivity index (χ2n) is 9.40. The summed E-state index contributed by atoms with van der Waals surface area (Å²) in [6.07, 6.45) is 5.92. The van der Waals surface area contributed by atoms with Crippen molar-refractivity contribution in [1.82, 2.24) is 15.1 Å². The van der Waals surface area contributed by atoms with Gasteiger partial charge in [-0.3, -0.25) is 9.59 Å². The molecule has 0 saturated carbocycles. The third-order valence-corrected chi connectivity index (χ3v) is 7.18. The zero-order valence-electron chi connectivity index (χ0n) is 19.7. The number of benzene rings is 2. The zero-order valence-corrected chi connectivity index (χ0v) is 19.7. The Kier molecular flexibility index (Phi) is 6.48. The second-order valence-corrected chi connectivity index (χ2v) is 9.40. The lowest BCUT2D eigenvalue weighted by Gasteiger charge is -2.34. The van der Waals surface area contributed by atoms with Crippen molar-refractivity contribution >= 4 is 11.7 Å². The van der Waals surface area contributed by atoms with E-state index in [1.807, 2.05) is 24.3 Å². The van der Waals surface area contributed by atoms with Crippen LogP contribution in [-0.2, 0) is 17.6 Å². The summed E-state index contributed by atoms with van der Waals surface area (Å²) in [5.74, 6) is 0.767. The van der Waals surface area contributed by atoms with E-state index in [0.717, 1.165) is 56.6 Å². The number of anilines is 1. The molecule has 1 fully saturated rings. The molecule has 1 saturated heterocycles. The fourth-order valence-electron chi connectivity index (χ4n) is 5.22. The van der Waals surface area contributed by atoms with E-state index in [0.29, 0.717) is 6.54 Å². The predicted molar refractivity (Wildman–Crippen MR) is 134 cm³/mol. The van der Waals surface area contributed by atoms with Gasteiger partial charge in [0.25, 0.3) is 5.56 Å². The van der Waals surface area contributed by atoms with Crippen LogP contribution in [0, 0.1) is 5.92 Å². The molecule has 0 spiro atoms. The Balaban J connectivity index is 1.31. The normalized spacial score (nSPS) is 20.0. The summed E-state index contributed by atoms with van der Waals surface area (Å²) in [5, 5.41) is 7.99. The molecule has 3 aromatic rings. The van der Waals surface area contributed by atoms with Gasteiger partial charge < -0.3 is 10.2 Å². The van der Waals surface area contributed by atoms with Crippen molar-refractivity contribution in [2.45, 2.75) is 51.5 Å². The SMILES string of the molecule is CCc1ccc(-n2nc(N3CCC[C@@H](C(=O)N[C@@H]4CCCc5ccccc54)C3)ccc2=O)cc1. The van der Waals surface area contributed by atoms with E-state index in [1.165, 1.54) is 21.4 Å². The molecule has 1 aliphatic heterocycles. The van der Waals surface area contributed by atoms with Gasteiger partial charge in [-0.25, -0.2) is 0 Å². The lowest BCUT2D eigenvalue weighted by molar-refractivity contribution is -0.126. The van der Waals surface area contributed by atoms with Crippen LogP contribution in [0.4, 0.5) is 5.82 Å². The summed E-state index contributed by atoms with van der Waals surface area (Å²) >= 11 is 0. The third kappa shape index (κ3) is 4.63. The van der Waals surface area contributed by atoms with Crippen molar-refractivity contribution in [3.8, 4) is 5.69 Å². The highest BCUT2D eigenvalue weighted by Gasteiger charge is 2.30. The summed E-state index contributed by atoms with van der Waals surface area (Å²) in [7, 11) is 0. The van der Waals surface area contributed by atoms with E-state index < -0.39 is 0 Å². The molecule has 34 heavy (non-hydrogen) atoms. The van der Waals surface area contributed by atoms with Gasteiger partial charge >= 0.3 is 0 Å². The van der Waals surface area contributed by atoms with Gasteiger partial charge in [-0.15, -0.1) is 5.10 Å². The molecule has 0 bridgehead atoms. The number of hydrogen-bond donors (Lipinski definition) is 1. The number of amides is 1. The first kappa shape index (κ1) is 22.4. The van der Waals surface area contributed by atoms with Crippen LogP contribution in [0.25, 0.3) is 5.69 Å². The molecule has 1 amide bonds. The molecular weight excluding hydrogens is 424 g/mol. The first-order valence-corrected chi connectivity index (χ1v) is 12.4. The van der Waals surface area contributed by atoms with E-state index >= 15 is 0 Å². The van der Waals surface area contributed by atoms with Crippen LogP contribution in [-0.4, -0.2) is 28.8 Å². The molecule has 2 aromatic carbocycles. The van der Waals surface area contributed by atoms with Gasteiger partial charge in [-0.1, -0.05) is 43.3 Å². The van der Waals surface area contributed by atoms with Gasteiger partial charge in [-0.2, -0.15) is 4.68 Å². The summed E-state index contributed by atoms with van der Waals surface area (Å²) in [6.45, 7) is 3.55. The Morgan fingerprint density at radius 2 is 1.85 bits per heavy atom. The van der Waals surface area contributed by atoms with Gasteiger partial charge in [0.05, 0.1) is 17.6 Å². The highest BCUT2D eigenvalue weighted by molar-refractivity contribution is 5.80. The number of nitrogens with one attached hydrogen (secondary N) is 1. The van der Waals surface area contributed by atoms with Crippen molar-refractivity contribution < 1.29 is 4.79 Å². The number of aryl methyl sites for hydroxylation is 2. The molecule has 0 radical (unpaired) electrons. The quantitative estimate of drug-likeness (QED) is 0.625. The van der Waals surface area contributed by atoms with E-state index in [1.54, 1.807) is 12.1 Å². The van der Waals surface area contributed by atoms with Gasteiger partial charge in [0.15, 0.2) is 0 Å². The van der Waals surface area contributed by atoms with Crippen molar-refractivity contribution in [3.05, 3.63) is 87.7 Å². The van der Waals surface area contributed by atoms with Crippen LogP contribution in [0.1, 0.15) is 55.3 Å². The molecule has 2 atom stereocenters. The summed E-state index contributed by atoms with van der Waals surface area (Å²) in [4.78, 5) is 27.9. The number of aromatic nitrogens is 2. The molecule has 176 valence electrons. The second kappa shape index (κ2) is 9.84. The van der Waals surface area contributed by atoms with E-state index in [-0.39, 0.29) is 23.4 Å². The maximum atomic E-state index is 13.2. The van der Waals surface area contributed by atoms with E-state index in [2.05, 4.69) is 46.5 Å². The molecule has 1 N–H and O–H groups in total. The van der Waals surface area contributed by atoms with Gasteiger partial charge in [0.1, 0.15) is 5.82 Å². The number of carbonyl (C=O) groups is 1. The smallest absolute Gasteiger partial charge is 0.271 e. The largest absolute Gasteiger partial charge is 0.354 e. The van der Waals surface area contributed by atoms with Crippen LogP contribution < -0.4 is 15.8 Å². The maximum Gasteiger partial charge on any atom is 0.271 e. The molecule has 5 rings (SSSR count). The minimum atomic E-state index is -0.157. The average molecular weight is 457 g/mol. The fraction of sp³-hybridized carbons (Fsp3) is 0.393. The summed E-state index contributed by atoms with van der Waals surface area (Å²) in [5.41, 5.74) is 4.43. The van der Waals surface area contributed by atoms with E-state index in [4.69, 9.17) is 0 Å². The standard InChI is InChI=1S/C28H32N4O2/c1-2-20-12-14-23(15-13-20)32-27(33)17-16-26(30-32)31-18-6-9-22(19-31)28(34)29-25-11-5-8-21-7-3-4-10-24(21)25/h3-4,7,10,12-17,22,25H,2,5-6,8-9,11,18-19H2,1H3,(H,29,34)/t22-,25-/m1/s1. The highest BCUT2D eigenvalue weighted by atomic mass is 16.2. The minimum absolute atomic E-state index is 0.0890. The summed E-state index contributed by atoms with van der Waals surface area (Å²) in [6, 6.07) is 19.8. The number of fused-ring (bicyclic) bond motifs is 1. The van der Waals surface area contributed by atoms with E-state index in [9.17, 15) is 9.59 Å². The lowest BCUT2D eigenvalue weighted by Crippen LogP contribution is -2.45. The Morgan fingerprint density at radius 1 is 1.03 bits per heavy atom. The third-order valence-electron chi connectivity index (χ3n) is 7.18. The van der Waals surface area contributed by atoms with Crippen molar-refractivity contribution in [2.24, 2.45) is 5.92 Å². The van der Waals surface area contributed by atoms with Crippen LogP contribution in [0.3, 0.4) is 0 Å². The number of rotatable bonds is 5. The fourth-order valence-corrected chi connectivity index (χ4v) is 5.22. The predicted octanol–water partition coefficient (Wildman–Crippen LogP) is 4.21. The molecule has 1 aromatic heterocycles. The lowest BCUT2D eigenvalue weighted by atomic mass is 9.87. The first-order chi connectivity index (χ1) is 16.6. The monoisotopic (exact) mass is 456 g/mol. The van der Waals surface area contributed by atoms with Crippen LogP contribution in [0.2, 0.25) is 0 Å². The van der Waals surface area contributed by atoms with Gasteiger partial charge in [0, 0.05) is 19.2 Å². The van der Waals surface area contributed by atoms with Crippen molar-refractivity contribution in [1.29, 1.82) is 0 Å². The molecule has 6 nitrogen and oxygen atoms in total. The Bertz CT molecular complexity index is 1220. The Hall–Kier alpha value is -3.41. The average Bonchev–Trinajstić information content (AvgIpc) is 2.89. The number of carbonyl (C=O) groups excluding carboxylic acids is 1. The maximum absolute atomic E-state index is 13.2. The molecule has 2 aliphatic rings. The van der Waals surface area contributed by atoms with Crippen LogP contribution in [0.5, 0.6) is 0 Å². The first-order valence-electron chi connectivity index (χ1n) is 12.4.